The van der Waals surface area contributed by atoms with Gasteiger partial charge in [0.2, 0.25) is 5.91 Å². The minimum Gasteiger partial charge on any atom is -0.491 e. The molecule has 1 aromatic carbocycles. The first kappa shape index (κ1) is 18.7. The van der Waals surface area contributed by atoms with Crippen LogP contribution in [-0.2, 0) is 16.1 Å². The Morgan fingerprint density at radius 1 is 1.21 bits per heavy atom. The van der Waals surface area contributed by atoms with Gasteiger partial charge in [-0.3, -0.25) is 15.0 Å². The Kier molecular flexibility index (Phi) is 5.06. The molecule has 1 aromatic rings. The molecule has 3 fully saturated rings. The second-order valence-electron chi connectivity index (χ2n) is 8.70. The summed E-state index contributed by atoms with van der Waals surface area (Å²) in [6.07, 6.45) is 8.04. The van der Waals surface area contributed by atoms with E-state index in [2.05, 4.69) is 27.2 Å². The summed E-state index contributed by atoms with van der Waals surface area (Å²) in [5, 5.41) is 3.75. The van der Waals surface area contributed by atoms with Gasteiger partial charge in [-0.25, -0.2) is 0 Å². The summed E-state index contributed by atoms with van der Waals surface area (Å²) in [7, 11) is 0. The predicted molar refractivity (Wildman–Crippen MR) is 111 cm³/mol. The molecule has 0 radical (unpaired) electrons. The van der Waals surface area contributed by atoms with Crippen LogP contribution < -0.4 is 11.1 Å². The largest absolute Gasteiger partial charge is 0.491 e. The Balaban J connectivity index is 1.41. The maximum absolute atomic E-state index is 11.9. The average molecular weight is 395 g/mol. The van der Waals surface area contributed by atoms with Crippen molar-refractivity contribution in [1.29, 1.82) is 0 Å². The summed E-state index contributed by atoms with van der Waals surface area (Å²) < 4.78 is 6.28. The highest BCUT2D eigenvalue weighted by Gasteiger charge is 2.43. The Morgan fingerprint density at radius 2 is 2.03 bits per heavy atom. The Hall–Kier alpha value is -2.31. The number of nitrogens with zero attached hydrogens (tertiary/aromatic N) is 2. The van der Waals surface area contributed by atoms with Gasteiger partial charge in [0.1, 0.15) is 12.4 Å². The van der Waals surface area contributed by atoms with E-state index in [9.17, 15) is 4.79 Å². The lowest BCUT2D eigenvalue weighted by molar-refractivity contribution is -0.114. The van der Waals surface area contributed by atoms with E-state index in [1.165, 1.54) is 31.4 Å². The normalized spacial score (nSPS) is 29.4. The molecule has 3 heterocycles. The summed E-state index contributed by atoms with van der Waals surface area (Å²) in [6, 6.07) is 10.8. The molecule has 29 heavy (non-hydrogen) atoms. The van der Waals surface area contributed by atoms with Crippen LogP contribution in [0.15, 0.2) is 53.6 Å². The number of carbonyl (C=O) groups is 1. The van der Waals surface area contributed by atoms with E-state index in [1.54, 1.807) is 0 Å². The first-order valence-electron chi connectivity index (χ1n) is 10.8. The minimum atomic E-state index is -0.365. The molecule has 6 heteroatoms. The number of hydrogen-bond acceptors (Lipinski definition) is 5. The lowest BCUT2D eigenvalue weighted by atomic mass is 9.81. The quantitative estimate of drug-likeness (QED) is 0.820. The molecule has 2 saturated heterocycles. The molecule has 0 spiro atoms. The highest BCUT2D eigenvalue weighted by molar-refractivity contribution is 5.92. The molecule has 3 unspecified atom stereocenters. The van der Waals surface area contributed by atoms with Gasteiger partial charge in [-0.05, 0) is 24.3 Å². The standard InChI is InChI=1S/C23H30N4O2/c24-23(28)18-10-21(29-15-16-6-2-1-3-7-16)20-13-27-19-9-5-4-8-17(19)11-25-22(27)14-26(20)12-18/h1-3,6-7,12,17,19,22,25H,4-5,8-11,13-15H2,(H2,24,28). The number of piperazine rings is 1. The molecule has 3 N–H and O–H groups in total. The van der Waals surface area contributed by atoms with Crippen molar-refractivity contribution in [1.82, 2.24) is 15.1 Å². The second-order valence-corrected chi connectivity index (χ2v) is 8.70. The second kappa shape index (κ2) is 7.84. The lowest BCUT2D eigenvalue weighted by Crippen LogP contribution is -2.67. The number of amides is 1. The molecule has 5 rings (SSSR count). The molecule has 3 aliphatic heterocycles. The van der Waals surface area contributed by atoms with Crippen molar-refractivity contribution < 1.29 is 9.53 Å². The third-order valence-electron chi connectivity index (χ3n) is 6.92. The van der Waals surface area contributed by atoms with Gasteiger partial charge < -0.3 is 15.4 Å². The van der Waals surface area contributed by atoms with Gasteiger partial charge in [0.05, 0.1) is 18.4 Å². The predicted octanol–water partition coefficient (Wildman–Crippen LogP) is 2.29. The fraction of sp³-hybridized carbons (Fsp3) is 0.522. The van der Waals surface area contributed by atoms with Crippen LogP contribution in [0.2, 0.25) is 0 Å². The number of nitrogens with two attached hydrogens (primary N) is 1. The van der Waals surface area contributed by atoms with E-state index in [4.69, 9.17) is 10.5 Å². The van der Waals surface area contributed by atoms with Gasteiger partial charge in [0.15, 0.2) is 0 Å². The molecule has 0 aromatic heterocycles. The summed E-state index contributed by atoms with van der Waals surface area (Å²) >= 11 is 0. The number of hydrogen-bond donors (Lipinski definition) is 2. The van der Waals surface area contributed by atoms with Crippen molar-refractivity contribution in [3.05, 3.63) is 59.1 Å². The summed E-state index contributed by atoms with van der Waals surface area (Å²) in [5.74, 6) is 1.28. The third kappa shape index (κ3) is 3.67. The Morgan fingerprint density at radius 3 is 2.86 bits per heavy atom. The minimum absolute atomic E-state index is 0.317. The smallest absolute Gasteiger partial charge is 0.246 e. The topological polar surface area (TPSA) is 70.8 Å². The zero-order valence-corrected chi connectivity index (χ0v) is 16.8. The van der Waals surface area contributed by atoms with E-state index in [0.29, 0.717) is 30.8 Å². The summed E-state index contributed by atoms with van der Waals surface area (Å²) in [4.78, 5) is 16.8. The molecule has 3 atom stereocenters. The van der Waals surface area contributed by atoms with Gasteiger partial charge in [-0.2, -0.15) is 0 Å². The Labute approximate surface area is 172 Å². The van der Waals surface area contributed by atoms with Crippen molar-refractivity contribution in [2.45, 2.75) is 50.9 Å². The van der Waals surface area contributed by atoms with Crippen molar-refractivity contribution in [3.63, 3.8) is 0 Å². The van der Waals surface area contributed by atoms with Crippen LogP contribution >= 0.6 is 0 Å². The van der Waals surface area contributed by atoms with Crippen LogP contribution in [0.4, 0.5) is 0 Å². The molecule has 0 bridgehead atoms. The zero-order valence-electron chi connectivity index (χ0n) is 16.8. The van der Waals surface area contributed by atoms with Crippen molar-refractivity contribution >= 4 is 5.91 Å². The van der Waals surface area contributed by atoms with Crippen molar-refractivity contribution in [2.75, 3.05) is 19.6 Å². The molecule has 4 aliphatic rings. The van der Waals surface area contributed by atoms with Crippen LogP contribution in [0.3, 0.4) is 0 Å². The van der Waals surface area contributed by atoms with Crippen LogP contribution in [0.1, 0.15) is 37.7 Å². The number of carbonyl (C=O) groups excluding carboxylic acids is 1. The number of ether oxygens (including phenoxy) is 1. The molecule has 6 nitrogen and oxygen atoms in total. The zero-order chi connectivity index (χ0) is 19.8. The molecule has 1 aliphatic carbocycles. The number of nitrogens with one attached hydrogen (secondary N) is 1. The van der Waals surface area contributed by atoms with Gasteiger partial charge >= 0.3 is 0 Å². The Bertz CT molecular complexity index is 835. The van der Waals surface area contributed by atoms with Crippen LogP contribution in [0, 0.1) is 5.92 Å². The van der Waals surface area contributed by atoms with Gasteiger partial charge in [-0.1, -0.05) is 43.2 Å². The molecular formula is C23H30N4O2. The van der Waals surface area contributed by atoms with Crippen LogP contribution in [-0.4, -0.2) is 47.5 Å². The number of primary amides is 1. The van der Waals surface area contributed by atoms with Gasteiger partial charge in [0.25, 0.3) is 0 Å². The molecule has 154 valence electrons. The van der Waals surface area contributed by atoms with Gasteiger partial charge in [-0.15, -0.1) is 0 Å². The maximum Gasteiger partial charge on any atom is 0.246 e. The van der Waals surface area contributed by atoms with Crippen LogP contribution in [0.25, 0.3) is 0 Å². The molecule has 1 saturated carbocycles. The van der Waals surface area contributed by atoms with E-state index in [1.807, 2.05) is 24.4 Å². The van der Waals surface area contributed by atoms with Crippen molar-refractivity contribution in [2.24, 2.45) is 11.7 Å². The SMILES string of the molecule is NC(=O)C1=CN2CC3NCC4CCCCC4N3CC2=C(OCc2ccccc2)C1. The third-order valence-corrected chi connectivity index (χ3v) is 6.92. The molecule has 1 amide bonds. The van der Waals surface area contributed by atoms with E-state index < -0.39 is 0 Å². The molecular weight excluding hydrogens is 364 g/mol. The summed E-state index contributed by atoms with van der Waals surface area (Å²) in [5.41, 5.74) is 8.58. The van der Waals surface area contributed by atoms with E-state index in [0.717, 1.165) is 36.9 Å². The first-order valence-corrected chi connectivity index (χ1v) is 10.8. The highest BCUT2D eigenvalue weighted by Crippen LogP contribution is 2.37. The number of rotatable bonds is 4. The van der Waals surface area contributed by atoms with E-state index in [-0.39, 0.29) is 5.91 Å². The number of fused-ring (bicyclic) bond motifs is 4. The number of benzene rings is 1. The van der Waals surface area contributed by atoms with E-state index >= 15 is 0 Å². The average Bonchev–Trinajstić information content (AvgIpc) is 2.76. The lowest BCUT2D eigenvalue weighted by Gasteiger charge is -2.54. The summed E-state index contributed by atoms with van der Waals surface area (Å²) in [6.45, 7) is 3.30. The maximum atomic E-state index is 11.9. The fourth-order valence-electron chi connectivity index (χ4n) is 5.37. The highest BCUT2D eigenvalue weighted by atomic mass is 16.5. The number of allylic oxidation sites excluding steroid dienone is 1. The van der Waals surface area contributed by atoms with Crippen LogP contribution in [0.5, 0.6) is 0 Å². The first-order chi connectivity index (χ1) is 14.2. The van der Waals surface area contributed by atoms with Gasteiger partial charge in [0, 0.05) is 37.3 Å². The monoisotopic (exact) mass is 394 g/mol. The fourth-order valence-corrected chi connectivity index (χ4v) is 5.37. The van der Waals surface area contributed by atoms with Crippen molar-refractivity contribution in [3.8, 4) is 0 Å².